The van der Waals surface area contributed by atoms with Crippen molar-refractivity contribution in [3.05, 3.63) is 28.8 Å². The first-order valence-corrected chi connectivity index (χ1v) is 6.37. The summed E-state index contributed by atoms with van der Waals surface area (Å²) in [5, 5.41) is 11.9. The number of carboxylic acid groups (broad SMARTS) is 1. The molecule has 0 aromatic heterocycles. The quantitative estimate of drug-likeness (QED) is 0.893. The number of halogens is 1. The van der Waals surface area contributed by atoms with Crippen LogP contribution in [0.3, 0.4) is 0 Å². The number of rotatable bonds is 3. The molecule has 0 radical (unpaired) electrons. The zero-order valence-electron chi connectivity index (χ0n) is 10.2. The van der Waals surface area contributed by atoms with Gasteiger partial charge in [0, 0.05) is 6.61 Å². The third-order valence-corrected chi connectivity index (χ3v) is 3.33. The van der Waals surface area contributed by atoms with E-state index in [0.717, 1.165) is 12.8 Å². The Hall–Kier alpha value is -1.59. The zero-order valence-corrected chi connectivity index (χ0v) is 10.9. The Kier molecular flexibility index (Phi) is 4.39. The van der Waals surface area contributed by atoms with Crippen LogP contribution in [0, 0.1) is 5.92 Å². The number of ether oxygens (including phenoxy) is 1. The molecule has 0 spiro atoms. The van der Waals surface area contributed by atoms with Gasteiger partial charge in [-0.25, -0.2) is 4.79 Å². The number of carbonyl (C=O) groups is 2. The molecule has 0 saturated carbocycles. The fourth-order valence-corrected chi connectivity index (χ4v) is 2.10. The summed E-state index contributed by atoms with van der Waals surface area (Å²) in [7, 11) is 0. The first kappa shape index (κ1) is 13.8. The van der Waals surface area contributed by atoms with Crippen LogP contribution in [0.1, 0.15) is 23.2 Å². The molecule has 1 aromatic carbocycles. The van der Waals surface area contributed by atoms with E-state index in [0.29, 0.717) is 23.9 Å². The van der Waals surface area contributed by atoms with E-state index in [1.165, 1.54) is 18.2 Å². The molecule has 0 aliphatic carbocycles. The molecule has 0 bridgehead atoms. The lowest BCUT2D eigenvalue weighted by Gasteiger charge is -2.21. The van der Waals surface area contributed by atoms with Crippen molar-refractivity contribution >= 4 is 29.2 Å². The molecular formula is C13H14ClNO4. The predicted molar refractivity (Wildman–Crippen MR) is 70.6 cm³/mol. The van der Waals surface area contributed by atoms with Crippen LogP contribution >= 0.6 is 11.6 Å². The molecule has 102 valence electrons. The van der Waals surface area contributed by atoms with E-state index < -0.39 is 5.97 Å². The first-order valence-electron chi connectivity index (χ1n) is 5.99. The number of hydrogen-bond acceptors (Lipinski definition) is 3. The van der Waals surface area contributed by atoms with Gasteiger partial charge in [-0.05, 0) is 31.0 Å². The summed E-state index contributed by atoms with van der Waals surface area (Å²) >= 11 is 5.95. The molecule has 1 saturated heterocycles. The normalized spacial score (nSPS) is 18.9. The van der Waals surface area contributed by atoms with Crippen LogP contribution in [0.15, 0.2) is 18.2 Å². The number of anilines is 1. The smallest absolute Gasteiger partial charge is 0.335 e. The van der Waals surface area contributed by atoms with Crippen molar-refractivity contribution in [2.75, 3.05) is 18.5 Å². The maximum Gasteiger partial charge on any atom is 0.335 e. The second-order valence-corrected chi connectivity index (χ2v) is 4.81. The molecule has 6 heteroatoms. The van der Waals surface area contributed by atoms with E-state index in [2.05, 4.69) is 5.32 Å². The minimum Gasteiger partial charge on any atom is -0.478 e. The van der Waals surface area contributed by atoms with Crippen LogP contribution < -0.4 is 5.32 Å². The topological polar surface area (TPSA) is 75.6 Å². The number of amides is 1. The Morgan fingerprint density at radius 1 is 1.42 bits per heavy atom. The van der Waals surface area contributed by atoms with Crippen LogP contribution in [0.4, 0.5) is 5.69 Å². The second-order valence-electron chi connectivity index (χ2n) is 4.40. The Balaban J connectivity index is 2.11. The minimum absolute atomic E-state index is 0.0830. The van der Waals surface area contributed by atoms with Crippen molar-refractivity contribution in [3.63, 3.8) is 0 Å². The third kappa shape index (κ3) is 3.45. The van der Waals surface area contributed by atoms with Crippen molar-refractivity contribution in [2.45, 2.75) is 12.8 Å². The van der Waals surface area contributed by atoms with Gasteiger partial charge in [-0.1, -0.05) is 11.6 Å². The predicted octanol–water partition coefficient (Wildman–Crippen LogP) is 2.40. The van der Waals surface area contributed by atoms with Gasteiger partial charge in [0.1, 0.15) is 0 Å². The maximum absolute atomic E-state index is 12.0. The zero-order chi connectivity index (χ0) is 13.8. The molecular weight excluding hydrogens is 270 g/mol. The molecule has 1 aliphatic rings. The molecule has 1 amide bonds. The molecule has 5 nitrogen and oxygen atoms in total. The highest BCUT2D eigenvalue weighted by Crippen LogP contribution is 2.25. The molecule has 1 fully saturated rings. The summed E-state index contributed by atoms with van der Waals surface area (Å²) in [5.74, 6) is -1.46. The molecule has 2 N–H and O–H groups in total. The molecule has 1 aliphatic heterocycles. The lowest BCUT2D eigenvalue weighted by atomic mass is 10.0. The molecule has 19 heavy (non-hydrogen) atoms. The maximum atomic E-state index is 12.0. The summed E-state index contributed by atoms with van der Waals surface area (Å²) in [4.78, 5) is 22.9. The first-order chi connectivity index (χ1) is 9.08. The molecule has 2 rings (SSSR count). The average molecular weight is 284 g/mol. The number of benzene rings is 1. The van der Waals surface area contributed by atoms with Gasteiger partial charge in [-0.15, -0.1) is 0 Å². The number of hydrogen-bond donors (Lipinski definition) is 2. The monoisotopic (exact) mass is 283 g/mol. The average Bonchev–Trinajstić information content (AvgIpc) is 2.42. The summed E-state index contributed by atoms with van der Waals surface area (Å²) in [6.45, 7) is 1.07. The van der Waals surface area contributed by atoms with Gasteiger partial charge >= 0.3 is 5.97 Å². The Labute approximate surface area is 115 Å². The van der Waals surface area contributed by atoms with Crippen molar-refractivity contribution in [2.24, 2.45) is 5.92 Å². The fraction of sp³-hybridized carbons (Fsp3) is 0.385. The van der Waals surface area contributed by atoms with Crippen molar-refractivity contribution in [1.29, 1.82) is 0 Å². The van der Waals surface area contributed by atoms with E-state index in [9.17, 15) is 9.59 Å². The van der Waals surface area contributed by atoms with E-state index in [1.54, 1.807) is 0 Å². The number of aromatic carboxylic acids is 1. The van der Waals surface area contributed by atoms with Crippen LogP contribution in [0.5, 0.6) is 0 Å². The van der Waals surface area contributed by atoms with Gasteiger partial charge in [0.2, 0.25) is 5.91 Å². The highest BCUT2D eigenvalue weighted by Gasteiger charge is 2.22. The Morgan fingerprint density at radius 2 is 2.21 bits per heavy atom. The summed E-state index contributed by atoms with van der Waals surface area (Å²) in [6, 6.07) is 4.20. The van der Waals surface area contributed by atoms with Crippen molar-refractivity contribution < 1.29 is 19.4 Å². The van der Waals surface area contributed by atoms with E-state index in [1.807, 2.05) is 0 Å². The summed E-state index contributed by atoms with van der Waals surface area (Å²) < 4.78 is 5.25. The van der Waals surface area contributed by atoms with Gasteiger partial charge in [0.15, 0.2) is 0 Å². The standard InChI is InChI=1S/C13H14ClNO4/c14-10-4-3-8(13(17)18)6-11(10)15-12(16)9-2-1-5-19-7-9/h3-4,6,9H,1-2,5,7H2,(H,15,16)(H,17,18). The van der Waals surface area contributed by atoms with E-state index in [-0.39, 0.29) is 17.4 Å². The van der Waals surface area contributed by atoms with Crippen LogP contribution in [-0.2, 0) is 9.53 Å². The van der Waals surface area contributed by atoms with Crippen molar-refractivity contribution in [1.82, 2.24) is 0 Å². The van der Waals surface area contributed by atoms with Gasteiger partial charge in [-0.3, -0.25) is 4.79 Å². The highest BCUT2D eigenvalue weighted by molar-refractivity contribution is 6.33. The second kappa shape index (κ2) is 6.04. The SMILES string of the molecule is O=C(O)c1ccc(Cl)c(NC(=O)C2CCCOC2)c1. The number of carbonyl (C=O) groups excluding carboxylic acids is 1. The third-order valence-electron chi connectivity index (χ3n) is 3.00. The minimum atomic E-state index is -1.06. The van der Waals surface area contributed by atoms with Crippen LogP contribution in [-0.4, -0.2) is 30.2 Å². The molecule has 1 unspecified atom stereocenters. The fourth-order valence-electron chi connectivity index (χ4n) is 1.94. The number of carboxylic acids is 1. The molecule has 1 atom stereocenters. The molecule has 1 heterocycles. The van der Waals surface area contributed by atoms with Crippen LogP contribution in [0.25, 0.3) is 0 Å². The van der Waals surface area contributed by atoms with Gasteiger partial charge < -0.3 is 15.2 Å². The lowest BCUT2D eigenvalue weighted by Crippen LogP contribution is -2.30. The van der Waals surface area contributed by atoms with E-state index in [4.69, 9.17) is 21.4 Å². The Bertz CT molecular complexity index is 497. The van der Waals surface area contributed by atoms with Gasteiger partial charge in [-0.2, -0.15) is 0 Å². The lowest BCUT2D eigenvalue weighted by molar-refractivity contribution is -0.123. The number of nitrogens with one attached hydrogen (secondary N) is 1. The largest absolute Gasteiger partial charge is 0.478 e. The molecule has 1 aromatic rings. The van der Waals surface area contributed by atoms with Gasteiger partial charge in [0.05, 0.1) is 28.8 Å². The van der Waals surface area contributed by atoms with E-state index >= 15 is 0 Å². The summed E-state index contributed by atoms with van der Waals surface area (Å²) in [6.07, 6.45) is 1.61. The van der Waals surface area contributed by atoms with Gasteiger partial charge in [0.25, 0.3) is 0 Å². The summed E-state index contributed by atoms with van der Waals surface area (Å²) in [5.41, 5.74) is 0.400. The van der Waals surface area contributed by atoms with Crippen molar-refractivity contribution in [3.8, 4) is 0 Å². The van der Waals surface area contributed by atoms with Crippen LogP contribution in [0.2, 0.25) is 5.02 Å². The highest BCUT2D eigenvalue weighted by atomic mass is 35.5. The Morgan fingerprint density at radius 3 is 2.84 bits per heavy atom.